The number of aromatic amines is 1. The van der Waals surface area contributed by atoms with Crippen molar-refractivity contribution < 1.29 is 14.5 Å². The predicted molar refractivity (Wildman–Crippen MR) is 111 cm³/mol. The van der Waals surface area contributed by atoms with Gasteiger partial charge in [-0.3, -0.25) is 10.1 Å². The Hall–Kier alpha value is -3.35. The molecule has 29 heavy (non-hydrogen) atoms. The standard InChI is InChI=1S/C22H23N3O4/c1-22(2,3)29-21(26)24-11-10-20-18(13-24)17-12-15(6-9-19(17)23-20)14-4-7-16(8-5-14)25(27)28/h4-9,12,23H,10-11,13H2,1-3H3. The molecular weight excluding hydrogens is 370 g/mol. The van der Waals surface area contributed by atoms with E-state index in [0.717, 1.165) is 39.7 Å². The van der Waals surface area contributed by atoms with Crippen molar-refractivity contribution in [3.05, 3.63) is 63.8 Å². The monoisotopic (exact) mass is 393 g/mol. The molecule has 0 spiro atoms. The van der Waals surface area contributed by atoms with E-state index in [1.807, 2.05) is 32.9 Å². The molecule has 1 aliphatic heterocycles. The fourth-order valence-corrected chi connectivity index (χ4v) is 3.65. The summed E-state index contributed by atoms with van der Waals surface area (Å²) in [6, 6.07) is 12.6. The minimum absolute atomic E-state index is 0.0712. The number of non-ortho nitro benzene ring substituents is 1. The number of ether oxygens (including phenoxy) is 1. The van der Waals surface area contributed by atoms with Crippen molar-refractivity contribution in [3.63, 3.8) is 0 Å². The number of nitro benzene ring substituents is 1. The Kier molecular flexibility index (Phi) is 4.53. The third kappa shape index (κ3) is 3.81. The van der Waals surface area contributed by atoms with Crippen molar-refractivity contribution in [2.45, 2.75) is 39.3 Å². The molecule has 0 bridgehead atoms. The molecule has 0 unspecified atom stereocenters. The zero-order valence-electron chi connectivity index (χ0n) is 16.7. The van der Waals surface area contributed by atoms with Gasteiger partial charge < -0.3 is 14.6 Å². The summed E-state index contributed by atoms with van der Waals surface area (Å²) in [5.74, 6) is 0. The lowest BCUT2D eigenvalue weighted by Crippen LogP contribution is -2.39. The number of nitro groups is 1. The van der Waals surface area contributed by atoms with Gasteiger partial charge in [-0.15, -0.1) is 0 Å². The van der Waals surface area contributed by atoms with Gasteiger partial charge in [0.2, 0.25) is 0 Å². The molecule has 4 rings (SSSR count). The Labute approximate surface area is 168 Å². The van der Waals surface area contributed by atoms with Gasteiger partial charge in [-0.05, 0) is 56.2 Å². The van der Waals surface area contributed by atoms with Crippen LogP contribution in [0.1, 0.15) is 32.0 Å². The SMILES string of the molecule is CC(C)(C)OC(=O)N1CCc2[nH]c3ccc(-c4ccc([N+](=O)[O-])cc4)cc3c2C1. The van der Waals surface area contributed by atoms with E-state index in [4.69, 9.17) is 4.74 Å². The number of rotatable bonds is 2. The molecule has 1 aliphatic rings. The van der Waals surface area contributed by atoms with E-state index < -0.39 is 10.5 Å². The Balaban J connectivity index is 1.66. The first-order valence-electron chi connectivity index (χ1n) is 9.57. The Morgan fingerprint density at radius 1 is 1.14 bits per heavy atom. The van der Waals surface area contributed by atoms with E-state index in [1.165, 1.54) is 12.1 Å². The lowest BCUT2D eigenvalue weighted by Gasteiger charge is -2.30. The van der Waals surface area contributed by atoms with Gasteiger partial charge in [0.25, 0.3) is 5.69 Å². The largest absolute Gasteiger partial charge is 0.444 e. The molecular formula is C22H23N3O4. The summed E-state index contributed by atoms with van der Waals surface area (Å²) in [7, 11) is 0. The molecule has 0 saturated carbocycles. The highest BCUT2D eigenvalue weighted by atomic mass is 16.6. The van der Waals surface area contributed by atoms with Crippen LogP contribution in [0.5, 0.6) is 0 Å². The molecule has 150 valence electrons. The number of benzene rings is 2. The summed E-state index contributed by atoms with van der Waals surface area (Å²) >= 11 is 0. The number of hydrogen-bond acceptors (Lipinski definition) is 4. The highest BCUT2D eigenvalue weighted by Crippen LogP contribution is 2.32. The summed E-state index contributed by atoms with van der Waals surface area (Å²) in [4.78, 5) is 28.2. The van der Waals surface area contributed by atoms with Crippen LogP contribution in [0.2, 0.25) is 0 Å². The molecule has 1 N–H and O–H groups in total. The Bertz CT molecular complexity index is 1090. The maximum absolute atomic E-state index is 12.5. The number of H-pyrrole nitrogens is 1. The minimum Gasteiger partial charge on any atom is -0.444 e. The lowest BCUT2D eigenvalue weighted by molar-refractivity contribution is -0.384. The number of fused-ring (bicyclic) bond motifs is 3. The molecule has 1 amide bonds. The van der Waals surface area contributed by atoms with Gasteiger partial charge >= 0.3 is 6.09 Å². The zero-order valence-corrected chi connectivity index (χ0v) is 16.7. The smallest absolute Gasteiger partial charge is 0.410 e. The van der Waals surface area contributed by atoms with Crippen LogP contribution in [0.3, 0.4) is 0 Å². The predicted octanol–water partition coefficient (Wildman–Crippen LogP) is 5.04. The fourth-order valence-electron chi connectivity index (χ4n) is 3.65. The molecule has 0 radical (unpaired) electrons. The fraction of sp³-hybridized carbons (Fsp3) is 0.318. The zero-order chi connectivity index (χ0) is 20.8. The second kappa shape index (κ2) is 6.92. The third-order valence-corrected chi connectivity index (χ3v) is 5.04. The number of hydrogen-bond donors (Lipinski definition) is 1. The van der Waals surface area contributed by atoms with Crippen molar-refractivity contribution in [2.75, 3.05) is 6.54 Å². The number of carbonyl (C=O) groups is 1. The molecule has 0 fully saturated rings. The van der Waals surface area contributed by atoms with Crippen LogP contribution >= 0.6 is 0 Å². The molecule has 2 heterocycles. The van der Waals surface area contributed by atoms with Gasteiger partial charge in [0.15, 0.2) is 0 Å². The van der Waals surface area contributed by atoms with Crippen LogP contribution in [-0.2, 0) is 17.7 Å². The average Bonchev–Trinajstić information content (AvgIpc) is 3.03. The van der Waals surface area contributed by atoms with Gasteiger partial charge in [0.1, 0.15) is 5.60 Å². The summed E-state index contributed by atoms with van der Waals surface area (Å²) in [6.45, 7) is 6.70. The second-order valence-electron chi connectivity index (χ2n) is 8.30. The van der Waals surface area contributed by atoms with Gasteiger partial charge in [-0.2, -0.15) is 0 Å². The quantitative estimate of drug-likeness (QED) is 0.488. The summed E-state index contributed by atoms with van der Waals surface area (Å²) in [5.41, 5.74) is 4.69. The van der Waals surface area contributed by atoms with E-state index in [0.29, 0.717) is 13.1 Å². The van der Waals surface area contributed by atoms with E-state index in [-0.39, 0.29) is 11.8 Å². The average molecular weight is 393 g/mol. The Morgan fingerprint density at radius 3 is 2.48 bits per heavy atom. The van der Waals surface area contributed by atoms with Crippen molar-refractivity contribution in [1.29, 1.82) is 0 Å². The number of amides is 1. The van der Waals surface area contributed by atoms with Crippen LogP contribution in [0.4, 0.5) is 10.5 Å². The molecule has 0 atom stereocenters. The van der Waals surface area contributed by atoms with Crippen molar-refractivity contribution >= 4 is 22.7 Å². The number of nitrogens with zero attached hydrogens (tertiary/aromatic N) is 2. The van der Waals surface area contributed by atoms with Gasteiger partial charge in [0.05, 0.1) is 11.5 Å². The van der Waals surface area contributed by atoms with Crippen LogP contribution in [-0.4, -0.2) is 33.0 Å². The normalized spacial score (nSPS) is 14.0. The molecule has 1 aromatic heterocycles. The lowest BCUT2D eigenvalue weighted by atomic mass is 10.00. The van der Waals surface area contributed by atoms with Gasteiger partial charge in [-0.1, -0.05) is 6.07 Å². The molecule has 7 heteroatoms. The van der Waals surface area contributed by atoms with Crippen LogP contribution in [0, 0.1) is 10.1 Å². The van der Waals surface area contributed by atoms with Crippen molar-refractivity contribution in [1.82, 2.24) is 9.88 Å². The first kappa shape index (κ1) is 19.0. The van der Waals surface area contributed by atoms with E-state index in [1.54, 1.807) is 17.0 Å². The first-order chi connectivity index (χ1) is 13.7. The summed E-state index contributed by atoms with van der Waals surface area (Å²) in [5, 5.41) is 11.9. The molecule has 3 aromatic rings. The first-order valence-corrected chi connectivity index (χ1v) is 9.57. The maximum atomic E-state index is 12.5. The topological polar surface area (TPSA) is 88.5 Å². The second-order valence-corrected chi connectivity index (χ2v) is 8.30. The number of nitrogens with one attached hydrogen (secondary N) is 1. The summed E-state index contributed by atoms with van der Waals surface area (Å²) in [6.07, 6.45) is 0.444. The number of aromatic nitrogens is 1. The minimum atomic E-state index is -0.527. The van der Waals surface area contributed by atoms with Crippen LogP contribution in [0.15, 0.2) is 42.5 Å². The Morgan fingerprint density at radius 2 is 1.83 bits per heavy atom. The van der Waals surface area contributed by atoms with E-state index in [9.17, 15) is 14.9 Å². The third-order valence-electron chi connectivity index (χ3n) is 5.04. The van der Waals surface area contributed by atoms with Crippen LogP contribution < -0.4 is 0 Å². The van der Waals surface area contributed by atoms with Crippen molar-refractivity contribution in [2.24, 2.45) is 0 Å². The molecule has 2 aromatic carbocycles. The highest BCUT2D eigenvalue weighted by Gasteiger charge is 2.27. The van der Waals surface area contributed by atoms with Crippen molar-refractivity contribution in [3.8, 4) is 11.1 Å². The molecule has 7 nitrogen and oxygen atoms in total. The highest BCUT2D eigenvalue weighted by molar-refractivity contribution is 5.89. The van der Waals surface area contributed by atoms with E-state index in [2.05, 4.69) is 11.1 Å². The molecule has 0 saturated heterocycles. The molecule has 0 aliphatic carbocycles. The summed E-state index contributed by atoms with van der Waals surface area (Å²) < 4.78 is 5.53. The van der Waals surface area contributed by atoms with Gasteiger partial charge in [0, 0.05) is 47.3 Å². The van der Waals surface area contributed by atoms with E-state index >= 15 is 0 Å². The van der Waals surface area contributed by atoms with Crippen LogP contribution in [0.25, 0.3) is 22.0 Å². The maximum Gasteiger partial charge on any atom is 0.410 e. The number of carbonyl (C=O) groups excluding carboxylic acids is 1. The van der Waals surface area contributed by atoms with Gasteiger partial charge in [-0.25, -0.2) is 4.79 Å².